The lowest BCUT2D eigenvalue weighted by atomic mass is 10.0. The highest BCUT2D eigenvalue weighted by atomic mass is 16.6. The van der Waals surface area contributed by atoms with Crippen molar-refractivity contribution in [2.45, 2.75) is 245 Å². The van der Waals surface area contributed by atoms with Crippen molar-refractivity contribution in [1.29, 1.82) is 0 Å². The number of aliphatic hydroxyl groups excluding tert-OH is 1. The van der Waals surface area contributed by atoms with Crippen molar-refractivity contribution in [1.82, 2.24) is 0 Å². The normalized spacial score (nSPS) is 13.0. The summed E-state index contributed by atoms with van der Waals surface area (Å²) in [6, 6.07) is 0. The van der Waals surface area contributed by atoms with Crippen LogP contribution in [0.3, 0.4) is 0 Å². The van der Waals surface area contributed by atoms with E-state index in [0.29, 0.717) is 0 Å². The summed E-state index contributed by atoms with van der Waals surface area (Å²) in [5.74, 6) is -0.447. The first-order valence-corrected chi connectivity index (χ1v) is 19.5. The number of unbranched alkanes of at least 4 members (excludes halogenated alkanes) is 29. The number of aliphatic hydroxyl groups is 1. The Morgan fingerprint density at radius 2 is 0.643 bits per heavy atom. The topological polar surface area (TPSA) is 46.5 Å². The predicted octanol–water partition coefficient (Wildman–Crippen LogP) is 13.2. The highest BCUT2D eigenvalue weighted by Crippen LogP contribution is 2.19. The van der Waals surface area contributed by atoms with E-state index in [9.17, 15) is 9.90 Å². The Bertz CT molecular complexity index is 518. The molecule has 0 rings (SSSR count). The maximum atomic E-state index is 12.0. The van der Waals surface area contributed by atoms with Gasteiger partial charge in [-0.3, -0.25) is 0 Å². The van der Waals surface area contributed by atoms with Crippen LogP contribution in [-0.2, 0) is 9.53 Å². The molecule has 0 aliphatic carbocycles. The van der Waals surface area contributed by atoms with Gasteiger partial charge < -0.3 is 9.84 Å². The van der Waals surface area contributed by atoms with Gasteiger partial charge in [0.05, 0.1) is 0 Å². The van der Waals surface area contributed by atoms with Crippen LogP contribution < -0.4 is 0 Å². The minimum Gasteiger partial charge on any atom is -0.460 e. The smallest absolute Gasteiger partial charge is 0.334 e. The lowest BCUT2D eigenvalue weighted by Crippen LogP contribution is -2.26. The van der Waals surface area contributed by atoms with Crippen LogP contribution in [0.15, 0.2) is 0 Å². The summed E-state index contributed by atoms with van der Waals surface area (Å²) in [5.41, 5.74) is 0. The van der Waals surface area contributed by atoms with E-state index in [-0.39, 0.29) is 6.10 Å². The van der Waals surface area contributed by atoms with Crippen LogP contribution in [0.5, 0.6) is 0 Å². The number of hydrogen-bond acceptors (Lipinski definition) is 3. The van der Waals surface area contributed by atoms with Gasteiger partial charge in [-0.1, -0.05) is 200 Å². The predicted molar refractivity (Wildman–Crippen MR) is 185 cm³/mol. The van der Waals surface area contributed by atoms with Crippen molar-refractivity contribution < 1.29 is 14.6 Å². The molecule has 3 nitrogen and oxygen atoms in total. The average molecular weight is 595 g/mol. The quantitative estimate of drug-likeness (QED) is 0.0586. The Hall–Kier alpha value is -0.570. The molecule has 0 amide bonds. The summed E-state index contributed by atoms with van der Waals surface area (Å²) >= 11 is 0. The maximum Gasteiger partial charge on any atom is 0.334 e. The molecule has 2 atom stereocenters. The molecule has 0 aromatic heterocycles. The molecule has 1 N–H and O–H groups in total. The molecule has 0 aromatic rings. The molecule has 0 heterocycles. The van der Waals surface area contributed by atoms with Gasteiger partial charge in [0.15, 0.2) is 0 Å². The largest absolute Gasteiger partial charge is 0.460 e. The fourth-order valence-corrected chi connectivity index (χ4v) is 6.19. The molecular formula is C39H78O3. The van der Waals surface area contributed by atoms with Crippen molar-refractivity contribution in [3.63, 3.8) is 0 Å². The zero-order valence-corrected chi connectivity index (χ0v) is 29.3. The lowest BCUT2D eigenvalue weighted by molar-refractivity contribution is -0.158. The van der Waals surface area contributed by atoms with E-state index >= 15 is 0 Å². The Labute approximate surface area is 265 Å². The van der Waals surface area contributed by atoms with E-state index in [0.717, 1.165) is 25.7 Å². The summed E-state index contributed by atoms with van der Waals surface area (Å²) in [6.07, 6.45) is 43.4. The van der Waals surface area contributed by atoms with E-state index in [4.69, 9.17) is 4.74 Å². The number of carbonyl (C=O) groups is 1. The first kappa shape index (κ1) is 41.4. The SMILES string of the molecule is CCCCCCCCCCCCCCCCCCC(CCCCCCCCCCCCCCCCC)OC(=O)C(C)O. The van der Waals surface area contributed by atoms with Gasteiger partial charge in [-0.2, -0.15) is 0 Å². The first-order chi connectivity index (χ1) is 20.6. The summed E-state index contributed by atoms with van der Waals surface area (Å²) in [4.78, 5) is 12.0. The van der Waals surface area contributed by atoms with Gasteiger partial charge in [-0.05, 0) is 32.6 Å². The van der Waals surface area contributed by atoms with Gasteiger partial charge >= 0.3 is 5.97 Å². The molecule has 0 aromatic carbocycles. The Morgan fingerprint density at radius 3 is 0.857 bits per heavy atom. The molecule has 0 aliphatic heterocycles. The number of hydrogen-bond donors (Lipinski definition) is 1. The van der Waals surface area contributed by atoms with Gasteiger partial charge in [0.2, 0.25) is 0 Å². The van der Waals surface area contributed by atoms with Gasteiger partial charge in [0.25, 0.3) is 0 Å². The number of ether oxygens (including phenoxy) is 1. The molecule has 0 radical (unpaired) electrons. The van der Waals surface area contributed by atoms with Crippen LogP contribution in [0.2, 0.25) is 0 Å². The van der Waals surface area contributed by atoms with E-state index < -0.39 is 12.1 Å². The standard InChI is InChI=1S/C39H78O3/c1-4-6-8-10-12-14-16-18-20-22-24-26-28-30-32-34-36-38(42-39(41)37(3)40)35-33-31-29-27-25-23-21-19-17-15-13-11-9-7-5-2/h37-38,40H,4-36H2,1-3H3. The molecule has 0 spiro atoms. The summed E-state index contributed by atoms with van der Waals surface area (Å²) in [6.45, 7) is 6.09. The fraction of sp³-hybridized carbons (Fsp3) is 0.974. The van der Waals surface area contributed by atoms with Crippen molar-refractivity contribution >= 4 is 5.97 Å². The Balaban J connectivity index is 3.67. The molecule has 0 aliphatic rings. The maximum absolute atomic E-state index is 12.0. The minimum absolute atomic E-state index is 0.0132. The highest BCUT2D eigenvalue weighted by molar-refractivity contribution is 5.73. The van der Waals surface area contributed by atoms with Crippen LogP contribution in [0, 0.1) is 0 Å². The van der Waals surface area contributed by atoms with E-state index in [1.54, 1.807) is 0 Å². The van der Waals surface area contributed by atoms with Crippen LogP contribution >= 0.6 is 0 Å². The van der Waals surface area contributed by atoms with Crippen molar-refractivity contribution in [3.8, 4) is 0 Å². The molecule has 252 valence electrons. The van der Waals surface area contributed by atoms with Gasteiger partial charge in [-0.25, -0.2) is 4.79 Å². The van der Waals surface area contributed by atoms with Crippen molar-refractivity contribution in [3.05, 3.63) is 0 Å². The van der Waals surface area contributed by atoms with E-state index in [1.165, 1.54) is 193 Å². The summed E-state index contributed by atoms with van der Waals surface area (Å²) < 4.78 is 5.67. The van der Waals surface area contributed by atoms with Crippen LogP contribution in [0.4, 0.5) is 0 Å². The number of esters is 1. The molecule has 2 unspecified atom stereocenters. The Morgan fingerprint density at radius 1 is 0.429 bits per heavy atom. The monoisotopic (exact) mass is 595 g/mol. The zero-order valence-electron chi connectivity index (χ0n) is 29.3. The third-order valence-electron chi connectivity index (χ3n) is 9.13. The molecular weight excluding hydrogens is 516 g/mol. The summed E-state index contributed by atoms with van der Waals surface area (Å²) in [5, 5.41) is 9.61. The summed E-state index contributed by atoms with van der Waals surface area (Å²) in [7, 11) is 0. The lowest BCUT2D eigenvalue weighted by Gasteiger charge is -2.19. The third kappa shape index (κ3) is 32.3. The Kier molecular flexibility index (Phi) is 34.4. The second-order valence-electron chi connectivity index (χ2n) is 13.6. The van der Waals surface area contributed by atoms with Gasteiger partial charge in [0, 0.05) is 0 Å². The second-order valence-corrected chi connectivity index (χ2v) is 13.6. The fourth-order valence-electron chi connectivity index (χ4n) is 6.19. The van der Waals surface area contributed by atoms with Gasteiger partial charge in [-0.15, -0.1) is 0 Å². The molecule has 0 saturated heterocycles. The van der Waals surface area contributed by atoms with Crippen LogP contribution in [-0.4, -0.2) is 23.3 Å². The molecule has 42 heavy (non-hydrogen) atoms. The minimum atomic E-state index is -1.01. The third-order valence-corrected chi connectivity index (χ3v) is 9.13. The van der Waals surface area contributed by atoms with Crippen LogP contribution in [0.25, 0.3) is 0 Å². The van der Waals surface area contributed by atoms with E-state index in [2.05, 4.69) is 13.8 Å². The van der Waals surface area contributed by atoms with E-state index in [1.807, 2.05) is 0 Å². The molecule has 3 heteroatoms. The average Bonchev–Trinajstić information content (AvgIpc) is 2.98. The van der Waals surface area contributed by atoms with Gasteiger partial charge in [0.1, 0.15) is 12.2 Å². The zero-order chi connectivity index (χ0) is 30.8. The molecule has 0 saturated carbocycles. The molecule has 0 bridgehead atoms. The van der Waals surface area contributed by atoms with Crippen LogP contribution in [0.1, 0.15) is 233 Å². The first-order valence-electron chi connectivity index (χ1n) is 19.5. The van der Waals surface area contributed by atoms with Crippen molar-refractivity contribution in [2.24, 2.45) is 0 Å². The van der Waals surface area contributed by atoms with Crippen molar-refractivity contribution in [2.75, 3.05) is 0 Å². The second kappa shape index (κ2) is 34.9. The number of carbonyl (C=O) groups excluding carboxylic acids is 1. The highest BCUT2D eigenvalue weighted by Gasteiger charge is 2.17. The number of rotatable bonds is 35. The molecule has 0 fully saturated rings.